The standard InChI is InChI=1S/C16H15F3N6O.C2H6/c1-4-10(16(17,18)19)12(20-3)14(26)25-15-23-9(2)22-13(24-15)11-7-5-6-8-21-11;1-2/h4-8H,1-3H3,(H,22,23,24,25,26);1-2H3/b10-4+,20-12?;. The summed E-state index contributed by atoms with van der Waals surface area (Å²) in [6.07, 6.45) is -2.40. The van der Waals surface area contributed by atoms with E-state index in [2.05, 4.69) is 30.2 Å². The third kappa shape index (κ3) is 5.93. The lowest BCUT2D eigenvalue weighted by molar-refractivity contribution is -0.111. The molecule has 7 nitrogen and oxygen atoms in total. The average Bonchev–Trinajstić information content (AvgIpc) is 2.66. The highest BCUT2D eigenvalue weighted by atomic mass is 19.4. The van der Waals surface area contributed by atoms with Crippen molar-refractivity contribution in [1.29, 1.82) is 0 Å². The number of pyridine rings is 1. The molecule has 0 saturated heterocycles. The molecule has 2 aromatic rings. The van der Waals surface area contributed by atoms with Crippen LogP contribution in [0.2, 0.25) is 0 Å². The van der Waals surface area contributed by atoms with Gasteiger partial charge in [-0.05, 0) is 26.0 Å². The van der Waals surface area contributed by atoms with E-state index < -0.39 is 23.4 Å². The van der Waals surface area contributed by atoms with E-state index in [1.54, 1.807) is 25.1 Å². The fourth-order valence-corrected chi connectivity index (χ4v) is 2.09. The van der Waals surface area contributed by atoms with Crippen LogP contribution in [0.4, 0.5) is 19.1 Å². The van der Waals surface area contributed by atoms with Crippen molar-refractivity contribution in [3.8, 4) is 11.5 Å². The quantitative estimate of drug-likeness (QED) is 0.797. The number of halogens is 3. The Kier molecular flexibility index (Phi) is 8.36. The molecule has 0 aliphatic rings. The minimum absolute atomic E-state index is 0.186. The first kappa shape index (κ1) is 22.9. The molecule has 1 N–H and O–H groups in total. The topological polar surface area (TPSA) is 93.0 Å². The lowest BCUT2D eigenvalue weighted by atomic mass is 10.1. The minimum atomic E-state index is -4.71. The van der Waals surface area contributed by atoms with Crippen LogP contribution in [0.3, 0.4) is 0 Å². The summed E-state index contributed by atoms with van der Waals surface area (Å²) in [4.78, 5) is 31.9. The molecule has 0 aliphatic heterocycles. The molecular weight excluding hydrogens is 373 g/mol. The van der Waals surface area contributed by atoms with Gasteiger partial charge in [0.25, 0.3) is 5.91 Å². The van der Waals surface area contributed by atoms with Gasteiger partial charge in [0.15, 0.2) is 5.82 Å². The number of carbonyl (C=O) groups is 1. The smallest absolute Gasteiger partial charge is 0.289 e. The van der Waals surface area contributed by atoms with E-state index in [1.807, 2.05) is 13.8 Å². The number of alkyl halides is 3. The average molecular weight is 394 g/mol. The summed E-state index contributed by atoms with van der Waals surface area (Å²) in [5.74, 6) is -0.809. The van der Waals surface area contributed by atoms with Crippen molar-refractivity contribution in [1.82, 2.24) is 19.9 Å². The molecule has 28 heavy (non-hydrogen) atoms. The molecule has 0 radical (unpaired) electrons. The maximum atomic E-state index is 13.0. The normalized spacial score (nSPS) is 12.1. The van der Waals surface area contributed by atoms with Crippen LogP contribution in [0.15, 0.2) is 41.0 Å². The fourth-order valence-electron chi connectivity index (χ4n) is 2.09. The predicted molar refractivity (Wildman–Crippen MR) is 101 cm³/mol. The van der Waals surface area contributed by atoms with Gasteiger partial charge in [-0.3, -0.25) is 20.1 Å². The van der Waals surface area contributed by atoms with Crippen LogP contribution in [-0.2, 0) is 4.79 Å². The number of rotatable bonds is 4. The summed E-state index contributed by atoms with van der Waals surface area (Å²) in [6.45, 7) is 6.74. The molecule has 0 saturated carbocycles. The predicted octanol–water partition coefficient (Wildman–Crippen LogP) is 3.79. The van der Waals surface area contributed by atoms with Crippen LogP contribution < -0.4 is 5.32 Å². The van der Waals surface area contributed by atoms with E-state index in [0.29, 0.717) is 5.69 Å². The van der Waals surface area contributed by atoms with E-state index in [4.69, 9.17) is 0 Å². The summed E-state index contributed by atoms with van der Waals surface area (Å²) >= 11 is 0. The second-order valence-electron chi connectivity index (χ2n) is 4.97. The van der Waals surface area contributed by atoms with Gasteiger partial charge in [0.1, 0.15) is 17.2 Å². The molecule has 150 valence electrons. The molecule has 2 rings (SSSR count). The van der Waals surface area contributed by atoms with Crippen molar-refractivity contribution < 1.29 is 18.0 Å². The molecule has 2 heterocycles. The van der Waals surface area contributed by atoms with E-state index in [1.165, 1.54) is 13.1 Å². The second kappa shape index (κ2) is 10.2. The van der Waals surface area contributed by atoms with Crippen LogP contribution in [0.5, 0.6) is 0 Å². The lowest BCUT2D eigenvalue weighted by Crippen LogP contribution is -2.31. The van der Waals surface area contributed by atoms with E-state index in [-0.39, 0.29) is 17.6 Å². The number of nitrogens with zero attached hydrogens (tertiary/aromatic N) is 5. The molecule has 0 fully saturated rings. The maximum Gasteiger partial charge on any atom is 0.418 e. The van der Waals surface area contributed by atoms with Gasteiger partial charge < -0.3 is 0 Å². The third-order valence-corrected chi connectivity index (χ3v) is 3.15. The van der Waals surface area contributed by atoms with Crippen molar-refractivity contribution in [3.05, 3.63) is 41.9 Å². The van der Waals surface area contributed by atoms with Gasteiger partial charge >= 0.3 is 6.18 Å². The Bertz CT molecular complexity index is 863. The molecule has 0 bridgehead atoms. The number of allylic oxidation sites excluding steroid dienone is 1. The summed E-state index contributed by atoms with van der Waals surface area (Å²) in [5.41, 5.74) is -1.48. The Morgan fingerprint density at radius 3 is 2.36 bits per heavy atom. The van der Waals surface area contributed by atoms with Crippen molar-refractivity contribution in [2.24, 2.45) is 4.99 Å². The van der Waals surface area contributed by atoms with Crippen LogP contribution in [-0.4, -0.2) is 44.8 Å². The Morgan fingerprint density at radius 1 is 1.18 bits per heavy atom. The molecule has 2 aromatic heterocycles. The highest BCUT2D eigenvalue weighted by molar-refractivity contribution is 6.49. The van der Waals surface area contributed by atoms with Gasteiger partial charge in [-0.25, -0.2) is 4.98 Å². The number of nitrogens with one attached hydrogen (secondary N) is 1. The Hall–Kier alpha value is -3.17. The van der Waals surface area contributed by atoms with Crippen molar-refractivity contribution >= 4 is 17.6 Å². The number of aliphatic imine (C=N–C) groups is 1. The Balaban J connectivity index is 0.00000190. The number of anilines is 1. The fraction of sp³-hybridized carbons (Fsp3) is 0.333. The molecule has 0 atom stereocenters. The van der Waals surface area contributed by atoms with Gasteiger partial charge in [0.2, 0.25) is 5.95 Å². The second-order valence-corrected chi connectivity index (χ2v) is 4.97. The van der Waals surface area contributed by atoms with Crippen molar-refractivity contribution in [2.75, 3.05) is 12.4 Å². The molecule has 1 amide bonds. The summed E-state index contributed by atoms with van der Waals surface area (Å²) in [5, 5.41) is 2.23. The van der Waals surface area contributed by atoms with E-state index in [0.717, 1.165) is 13.1 Å². The zero-order valence-electron chi connectivity index (χ0n) is 16.2. The number of aromatic nitrogens is 4. The number of hydrogen-bond acceptors (Lipinski definition) is 6. The number of aryl methyl sites for hydroxylation is 1. The maximum absolute atomic E-state index is 13.0. The van der Waals surface area contributed by atoms with Crippen LogP contribution in [0.25, 0.3) is 11.5 Å². The van der Waals surface area contributed by atoms with Gasteiger partial charge in [0.05, 0.1) is 5.57 Å². The molecule has 0 unspecified atom stereocenters. The van der Waals surface area contributed by atoms with Crippen LogP contribution >= 0.6 is 0 Å². The number of amides is 1. The molecule has 0 aliphatic carbocycles. The molecular formula is C18H21F3N6O. The third-order valence-electron chi connectivity index (χ3n) is 3.15. The molecule has 0 aromatic carbocycles. The van der Waals surface area contributed by atoms with E-state index >= 15 is 0 Å². The Labute approximate surface area is 160 Å². The first-order valence-corrected chi connectivity index (χ1v) is 8.42. The monoisotopic (exact) mass is 394 g/mol. The first-order chi connectivity index (χ1) is 13.3. The Morgan fingerprint density at radius 2 is 1.86 bits per heavy atom. The van der Waals surface area contributed by atoms with Gasteiger partial charge in [-0.2, -0.15) is 23.1 Å². The SMILES string of the molecule is C/C=C(\C(=NC)C(=O)Nc1nc(C)nc(-c2ccccn2)n1)C(F)(F)F.CC. The summed E-state index contributed by atoms with van der Waals surface area (Å²) in [7, 11) is 1.10. The van der Waals surface area contributed by atoms with Crippen LogP contribution in [0, 0.1) is 6.92 Å². The van der Waals surface area contributed by atoms with Gasteiger partial charge in [-0.15, -0.1) is 0 Å². The summed E-state index contributed by atoms with van der Waals surface area (Å²) in [6, 6.07) is 5.09. The van der Waals surface area contributed by atoms with Crippen molar-refractivity contribution in [3.63, 3.8) is 0 Å². The number of carbonyl (C=O) groups excluding carboxylic acids is 1. The zero-order chi connectivity index (χ0) is 21.3. The minimum Gasteiger partial charge on any atom is -0.289 e. The number of hydrogen-bond donors (Lipinski definition) is 1. The van der Waals surface area contributed by atoms with E-state index in [9.17, 15) is 18.0 Å². The largest absolute Gasteiger partial charge is 0.418 e. The van der Waals surface area contributed by atoms with Gasteiger partial charge in [-0.1, -0.05) is 26.0 Å². The first-order valence-electron chi connectivity index (χ1n) is 8.42. The van der Waals surface area contributed by atoms with Crippen molar-refractivity contribution in [2.45, 2.75) is 33.9 Å². The summed E-state index contributed by atoms with van der Waals surface area (Å²) < 4.78 is 39.1. The van der Waals surface area contributed by atoms with Gasteiger partial charge in [0, 0.05) is 13.2 Å². The lowest BCUT2D eigenvalue weighted by Gasteiger charge is -2.13. The molecule has 10 heteroatoms. The highest BCUT2D eigenvalue weighted by Crippen LogP contribution is 2.27. The highest BCUT2D eigenvalue weighted by Gasteiger charge is 2.38. The zero-order valence-corrected chi connectivity index (χ0v) is 16.2. The molecule has 0 spiro atoms. The van der Waals surface area contributed by atoms with Crippen LogP contribution in [0.1, 0.15) is 26.6 Å².